The van der Waals surface area contributed by atoms with E-state index in [0.717, 1.165) is 54.6 Å². The van der Waals surface area contributed by atoms with Crippen molar-refractivity contribution in [1.29, 1.82) is 0 Å². The molecular weight excluding hydrogens is 845 g/mol. The number of piperidine rings is 1. The van der Waals surface area contributed by atoms with Crippen LogP contribution in [0.3, 0.4) is 0 Å². The number of amides is 1. The first kappa shape index (κ1) is 41.2. The van der Waals surface area contributed by atoms with Crippen LogP contribution in [0.2, 0.25) is 0 Å². The lowest BCUT2D eigenvalue weighted by molar-refractivity contribution is -0.384. The van der Waals surface area contributed by atoms with Crippen molar-refractivity contribution in [2.75, 3.05) is 36.5 Å². The Labute approximate surface area is 376 Å². The van der Waals surface area contributed by atoms with Crippen LogP contribution in [0.25, 0.3) is 11.0 Å². The van der Waals surface area contributed by atoms with E-state index in [2.05, 4.69) is 59.1 Å². The van der Waals surface area contributed by atoms with E-state index >= 15 is 0 Å². The van der Waals surface area contributed by atoms with Crippen LogP contribution in [0.1, 0.15) is 90.4 Å². The van der Waals surface area contributed by atoms with E-state index in [1.165, 1.54) is 51.3 Å². The fourth-order valence-electron chi connectivity index (χ4n) is 10.7. The number of rotatable bonds is 12. The van der Waals surface area contributed by atoms with E-state index in [1.54, 1.807) is 35.5 Å². The van der Waals surface area contributed by atoms with Crippen LogP contribution in [-0.2, 0) is 16.4 Å². The molecule has 3 aromatic heterocycles. The molecule has 6 heterocycles. The third-order valence-electron chi connectivity index (χ3n) is 14.2. The van der Waals surface area contributed by atoms with Gasteiger partial charge in [0, 0.05) is 48.5 Å². The van der Waals surface area contributed by atoms with Crippen molar-refractivity contribution >= 4 is 44.0 Å². The van der Waals surface area contributed by atoms with Crippen molar-refractivity contribution in [2.45, 2.75) is 86.9 Å². The zero-order valence-electron chi connectivity index (χ0n) is 35.8. The number of nitro groups is 1. The number of anilines is 2. The van der Waals surface area contributed by atoms with Gasteiger partial charge in [-0.2, -0.15) is 13.4 Å². The summed E-state index contributed by atoms with van der Waals surface area (Å²) in [7, 11) is -4.75. The van der Waals surface area contributed by atoms with E-state index in [1.807, 2.05) is 42.5 Å². The molecule has 0 radical (unpaired) electrons. The van der Waals surface area contributed by atoms with Gasteiger partial charge in [0.25, 0.3) is 15.9 Å². The highest BCUT2D eigenvalue weighted by Crippen LogP contribution is 2.55. The number of sulfonamides is 1. The molecule has 11 rings (SSSR count). The van der Waals surface area contributed by atoms with Crippen molar-refractivity contribution in [3.05, 3.63) is 136 Å². The third-order valence-corrected chi connectivity index (χ3v) is 15.4. The highest BCUT2D eigenvalue weighted by Gasteiger charge is 2.50. The number of hydrogen-bond donors (Lipinski definition) is 3. The number of carbonyl (C=O) groups is 1. The van der Waals surface area contributed by atoms with Crippen LogP contribution in [0.4, 0.5) is 17.1 Å². The summed E-state index contributed by atoms with van der Waals surface area (Å²) in [4.78, 5) is 42.4. The van der Waals surface area contributed by atoms with Crippen molar-refractivity contribution in [3.63, 3.8) is 0 Å². The Morgan fingerprint density at radius 2 is 1.74 bits per heavy atom. The number of pyridine rings is 2. The second kappa shape index (κ2) is 16.5. The van der Waals surface area contributed by atoms with Crippen LogP contribution in [0.5, 0.6) is 17.4 Å². The number of hydrogen-bond acceptors (Lipinski definition) is 12. The Morgan fingerprint density at radius 3 is 2.52 bits per heavy atom. The molecule has 4 fully saturated rings. The van der Waals surface area contributed by atoms with Gasteiger partial charge in [-0.3, -0.25) is 19.8 Å². The molecule has 15 nitrogen and oxygen atoms in total. The van der Waals surface area contributed by atoms with Crippen molar-refractivity contribution < 1.29 is 27.6 Å². The van der Waals surface area contributed by atoms with Gasteiger partial charge in [0.15, 0.2) is 10.7 Å². The Bertz CT molecular complexity index is 2910. The number of benzene rings is 3. The van der Waals surface area contributed by atoms with Gasteiger partial charge >= 0.3 is 5.69 Å². The number of aromatic nitrogens is 3. The molecule has 16 heteroatoms. The summed E-state index contributed by atoms with van der Waals surface area (Å²) in [6.07, 6.45) is 13.4. The van der Waals surface area contributed by atoms with Gasteiger partial charge in [-0.1, -0.05) is 54.6 Å². The highest BCUT2D eigenvalue weighted by atomic mass is 32.2. The number of likely N-dealkylation sites (tertiary alicyclic amines) is 1. The monoisotopic (exact) mass is 894 g/mol. The first-order valence-corrected chi connectivity index (χ1v) is 24.1. The second-order valence-corrected chi connectivity index (χ2v) is 20.0. The molecule has 334 valence electrons. The molecule has 1 amide bonds. The maximum absolute atomic E-state index is 14.1. The van der Waals surface area contributed by atoms with E-state index in [0.29, 0.717) is 35.3 Å². The smallest absolute Gasteiger partial charge is 0.300 e. The van der Waals surface area contributed by atoms with Crippen LogP contribution >= 0.6 is 0 Å². The van der Waals surface area contributed by atoms with Gasteiger partial charge in [0.05, 0.1) is 28.8 Å². The minimum Gasteiger partial charge on any atom is -0.474 e. The van der Waals surface area contributed by atoms with Gasteiger partial charge in [-0.25, -0.2) is 9.71 Å². The molecule has 2 atom stereocenters. The summed E-state index contributed by atoms with van der Waals surface area (Å²) in [5.74, 6) is -0.0170. The van der Waals surface area contributed by atoms with Crippen LogP contribution in [0.15, 0.2) is 108 Å². The first-order valence-electron chi connectivity index (χ1n) is 22.6. The van der Waals surface area contributed by atoms with Crippen molar-refractivity contribution in [1.82, 2.24) is 24.6 Å². The SMILES string of the molecule is O=C(NS(=O)(=O)c1cc([N+](=O)[O-])c2c(n1)OCC(Cc1ccccc1)N2)c1ccc(N2CCC3(CC2)CC(N2CCCC2c2ccccc2C2CC2)C3)cc1Oc1cnc2[nH]ccc2c1. The predicted octanol–water partition coefficient (Wildman–Crippen LogP) is 8.66. The Balaban J connectivity index is 0.805. The minimum absolute atomic E-state index is 0.0296. The normalized spacial score (nSPS) is 20.7. The topological polar surface area (TPSA) is 185 Å². The van der Waals surface area contributed by atoms with Crippen molar-refractivity contribution in [3.8, 4) is 17.4 Å². The quantitative estimate of drug-likeness (QED) is 0.0786. The molecule has 3 aliphatic heterocycles. The zero-order chi connectivity index (χ0) is 44.3. The van der Waals surface area contributed by atoms with Crippen LogP contribution < -0.4 is 24.4 Å². The van der Waals surface area contributed by atoms with Gasteiger partial charge in [-0.05, 0) is 117 Å². The average molecular weight is 895 g/mol. The van der Waals surface area contributed by atoms with Gasteiger partial charge in [0.2, 0.25) is 5.88 Å². The molecule has 2 aliphatic carbocycles. The maximum Gasteiger partial charge on any atom is 0.300 e. The summed E-state index contributed by atoms with van der Waals surface area (Å²) >= 11 is 0. The second-order valence-electron chi connectivity index (χ2n) is 18.4. The molecule has 2 unspecified atom stereocenters. The van der Waals surface area contributed by atoms with E-state index in [4.69, 9.17) is 9.47 Å². The minimum atomic E-state index is -4.75. The average Bonchev–Trinajstić information content (AvgIpc) is 3.85. The predicted molar refractivity (Wildman–Crippen MR) is 245 cm³/mol. The standard InChI is InChI=1S/C49H50N8O7S/c58-47(54-65(61,62)44-26-42(57(59)60)45-48(53-44)63-30-34(52-45)23-31-7-2-1-3-8-31)40-15-14-35(25-43(40)64-37-24-33-16-19-50-46(33)51-29-37)55-21-17-49(18-22-55)27-36(28-49)56-20-6-11-41(56)39-10-5-4-9-38(39)32-12-13-32/h1-5,7-10,14-16,19,24-26,29,32,34,36,41,52H,6,11-13,17-18,20-23,27-28,30H2,(H,50,51)(H,54,58). The molecule has 5 aliphatic rings. The molecule has 1 spiro atoms. The van der Waals surface area contributed by atoms with Gasteiger partial charge in [0.1, 0.15) is 23.8 Å². The van der Waals surface area contributed by atoms with E-state index < -0.39 is 31.6 Å². The summed E-state index contributed by atoms with van der Waals surface area (Å²) in [6.45, 7) is 2.93. The lowest BCUT2D eigenvalue weighted by atomic mass is 9.59. The lowest BCUT2D eigenvalue weighted by Crippen LogP contribution is -2.54. The van der Waals surface area contributed by atoms with Crippen LogP contribution in [-0.4, -0.2) is 77.4 Å². The van der Waals surface area contributed by atoms with E-state index in [9.17, 15) is 23.3 Å². The maximum atomic E-state index is 14.1. The summed E-state index contributed by atoms with van der Waals surface area (Å²) in [5, 5.41) is 15.5. The molecule has 65 heavy (non-hydrogen) atoms. The molecule has 3 aromatic carbocycles. The number of H-pyrrole nitrogens is 1. The highest BCUT2D eigenvalue weighted by molar-refractivity contribution is 7.90. The lowest BCUT2D eigenvalue weighted by Gasteiger charge is -2.56. The van der Waals surface area contributed by atoms with Gasteiger partial charge < -0.3 is 24.7 Å². The molecule has 2 saturated carbocycles. The third kappa shape index (κ3) is 8.13. The number of nitrogens with zero attached hydrogens (tertiary/aromatic N) is 5. The molecule has 0 bridgehead atoms. The number of nitrogens with one attached hydrogen (secondary N) is 3. The Kier molecular flexibility index (Phi) is 10.4. The van der Waals surface area contributed by atoms with Crippen LogP contribution in [0, 0.1) is 15.5 Å². The van der Waals surface area contributed by atoms with E-state index in [-0.39, 0.29) is 35.5 Å². The fraction of sp³-hybridized carbons (Fsp3) is 0.367. The fourth-order valence-corrected chi connectivity index (χ4v) is 11.6. The molecular formula is C49H50N8O7S. The number of aromatic amines is 1. The molecule has 6 aromatic rings. The Hall–Kier alpha value is -6.52. The van der Waals surface area contributed by atoms with Crippen molar-refractivity contribution in [2.24, 2.45) is 5.41 Å². The zero-order valence-corrected chi connectivity index (χ0v) is 36.6. The number of carbonyl (C=O) groups excluding carboxylic acids is 1. The Morgan fingerprint density at radius 1 is 0.954 bits per heavy atom. The first-order chi connectivity index (χ1) is 31.6. The summed E-state index contributed by atoms with van der Waals surface area (Å²) in [5.41, 5.74) is 5.31. The van der Waals surface area contributed by atoms with Gasteiger partial charge in [-0.15, -0.1) is 0 Å². The number of ether oxygens (including phenoxy) is 2. The largest absolute Gasteiger partial charge is 0.474 e. The summed E-state index contributed by atoms with van der Waals surface area (Å²) in [6, 6.07) is 29.1. The molecule has 2 saturated heterocycles. The number of fused-ring (bicyclic) bond motifs is 2. The molecule has 3 N–H and O–H groups in total. The summed E-state index contributed by atoms with van der Waals surface area (Å²) < 4.78 is 42.0.